The first-order chi connectivity index (χ1) is 7.78. The number of hydrogen-bond acceptors (Lipinski definition) is 1. The van der Waals surface area contributed by atoms with E-state index in [0.29, 0.717) is 6.54 Å². The van der Waals surface area contributed by atoms with Crippen LogP contribution >= 0.6 is 0 Å². The Bertz CT molecular complexity index is 419. The van der Waals surface area contributed by atoms with Gasteiger partial charge in [-0.1, -0.05) is 32.9 Å². The maximum atomic E-state index is 13.7. The molecule has 0 radical (unpaired) electrons. The van der Waals surface area contributed by atoms with E-state index in [-0.39, 0.29) is 17.5 Å². The number of benzene rings is 1. The molecule has 0 unspecified atom stereocenters. The van der Waals surface area contributed by atoms with Gasteiger partial charge in [0.05, 0.1) is 6.54 Å². The monoisotopic (exact) mass is 239 g/mol. The van der Waals surface area contributed by atoms with Crippen LogP contribution in [0.25, 0.3) is 0 Å². The Balaban J connectivity index is 2.35. The van der Waals surface area contributed by atoms with Crippen molar-refractivity contribution in [2.45, 2.75) is 39.7 Å². The van der Waals surface area contributed by atoms with Crippen LogP contribution in [0.5, 0.6) is 0 Å². The Labute approximate surface area is 101 Å². The fraction of sp³-hybridized carbons (Fsp3) is 0.571. The SMILES string of the molecule is CC(C)(C)Cc1ccc2c(c1)C(F)(F)CNC2. The minimum absolute atomic E-state index is 0.121. The van der Waals surface area contributed by atoms with Crippen LogP contribution in [0, 0.1) is 5.41 Å². The van der Waals surface area contributed by atoms with Crippen molar-refractivity contribution >= 4 is 0 Å². The van der Waals surface area contributed by atoms with Crippen molar-refractivity contribution in [2.24, 2.45) is 5.41 Å². The van der Waals surface area contributed by atoms with Gasteiger partial charge in [-0.05, 0) is 29.0 Å². The molecule has 0 aromatic heterocycles. The topological polar surface area (TPSA) is 12.0 Å². The highest BCUT2D eigenvalue weighted by Crippen LogP contribution is 2.34. The Morgan fingerprint density at radius 1 is 1.29 bits per heavy atom. The summed E-state index contributed by atoms with van der Waals surface area (Å²) in [4.78, 5) is 0. The van der Waals surface area contributed by atoms with E-state index in [1.807, 2.05) is 12.1 Å². The molecule has 0 atom stereocenters. The second kappa shape index (κ2) is 4.05. The van der Waals surface area contributed by atoms with E-state index in [0.717, 1.165) is 17.5 Å². The standard InChI is InChI=1S/C14H19F2N/c1-13(2,3)7-10-4-5-11-8-17-9-14(15,16)12(11)6-10/h4-6,17H,7-9H2,1-3H3. The number of alkyl halides is 2. The molecule has 1 aliphatic rings. The van der Waals surface area contributed by atoms with Crippen molar-refractivity contribution in [3.63, 3.8) is 0 Å². The molecule has 1 aliphatic heterocycles. The molecule has 0 fully saturated rings. The highest BCUT2D eigenvalue weighted by molar-refractivity contribution is 5.37. The third-order valence-electron chi connectivity index (χ3n) is 2.97. The van der Waals surface area contributed by atoms with Crippen LogP contribution in [0.15, 0.2) is 18.2 Å². The first kappa shape index (κ1) is 12.5. The lowest BCUT2D eigenvalue weighted by Gasteiger charge is -2.27. The van der Waals surface area contributed by atoms with Crippen molar-refractivity contribution in [3.8, 4) is 0 Å². The normalized spacial score (nSPS) is 18.9. The van der Waals surface area contributed by atoms with Gasteiger partial charge in [-0.25, -0.2) is 0 Å². The molecular formula is C14H19F2N. The molecule has 0 saturated heterocycles. The molecule has 94 valence electrons. The van der Waals surface area contributed by atoms with Crippen LogP contribution in [-0.4, -0.2) is 6.54 Å². The Kier molecular flexibility index (Phi) is 2.98. The van der Waals surface area contributed by atoms with E-state index >= 15 is 0 Å². The minimum Gasteiger partial charge on any atom is -0.307 e. The molecule has 17 heavy (non-hydrogen) atoms. The van der Waals surface area contributed by atoms with E-state index in [1.165, 1.54) is 0 Å². The maximum absolute atomic E-state index is 13.7. The van der Waals surface area contributed by atoms with Crippen LogP contribution in [0.1, 0.15) is 37.5 Å². The number of nitrogens with one attached hydrogen (secondary N) is 1. The Hall–Kier alpha value is -0.960. The van der Waals surface area contributed by atoms with Gasteiger partial charge in [-0.15, -0.1) is 0 Å². The second-order valence-electron chi connectivity index (χ2n) is 6.04. The van der Waals surface area contributed by atoms with Crippen molar-refractivity contribution in [1.82, 2.24) is 5.32 Å². The average Bonchev–Trinajstić information content (AvgIpc) is 2.16. The Morgan fingerprint density at radius 3 is 2.65 bits per heavy atom. The Morgan fingerprint density at radius 2 is 2.00 bits per heavy atom. The summed E-state index contributed by atoms with van der Waals surface area (Å²) < 4.78 is 27.5. The lowest BCUT2D eigenvalue weighted by Crippen LogP contribution is -2.36. The highest BCUT2D eigenvalue weighted by Gasteiger charge is 2.36. The number of fused-ring (bicyclic) bond motifs is 1. The predicted molar refractivity (Wildman–Crippen MR) is 65.2 cm³/mol. The molecule has 3 heteroatoms. The number of hydrogen-bond donors (Lipinski definition) is 1. The van der Waals surface area contributed by atoms with Crippen molar-refractivity contribution in [1.29, 1.82) is 0 Å². The summed E-state index contributed by atoms with van der Waals surface area (Å²) in [6.07, 6.45) is 0.823. The van der Waals surface area contributed by atoms with E-state index in [1.54, 1.807) is 6.07 Å². The molecule has 0 bridgehead atoms. The molecule has 1 N–H and O–H groups in total. The molecule has 1 heterocycles. The first-order valence-electron chi connectivity index (χ1n) is 5.99. The van der Waals surface area contributed by atoms with E-state index < -0.39 is 5.92 Å². The molecule has 1 nitrogen and oxygen atoms in total. The van der Waals surface area contributed by atoms with Crippen LogP contribution in [0.3, 0.4) is 0 Å². The first-order valence-corrected chi connectivity index (χ1v) is 5.99. The minimum atomic E-state index is -2.73. The third-order valence-corrected chi connectivity index (χ3v) is 2.97. The average molecular weight is 239 g/mol. The van der Waals surface area contributed by atoms with Gasteiger partial charge >= 0.3 is 0 Å². The van der Waals surface area contributed by atoms with Gasteiger partial charge < -0.3 is 5.32 Å². The molecule has 0 saturated carbocycles. The molecule has 1 aromatic rings. The molecule has 0 aliphatic carbocycles. The molecule has 0 spiro atoms. The third kappa shape index (κ3) is 2.83. The fourth-order valence-electron chi connectivity index (χ4n) is 2.29. The molecular weight excluding hydrogens is 220 g/mol. The van der Waals surface area contributed by atoms with Gasteiger partial charge in [0, 0.05) is 12.1 Å². The number of halogens is 2. The zero-order valence-electron chi connectivity index (χ0n) is 10.6. The van der Waals surface area contributed by atoms with Gasteiger partial charge in [0.2, 0.25) is 0 Å². The van der Waals surface area contributed by atoms with Gasteiger partial charge in [-0.3, -0.25) is 0 Å². The van der Waals surface area contributed by atoms with Gasteiger partial charge in [0.15, 0.2) is 0 Å². The van der Waals surface area contributed by atoms with Gasteiger partial charge in [0.25, 0.3) is 5.92 Å². The smallest absolute Gasteiger partial charge is 0.285 e. The summed E-state index contributed by atoms with van der Waals surface area (Å²) in [6, 6.07) is 5.48. The van der Waals surface area contributed by atoms with E-state index in [2.05, 4.69) is 26.1 Å². The fourth-order valence-corrected chi connectivity index (χ4v) is 2.29. The molecule has 1 aromatic carbocycles. The maximum Gasteiger partial charge on any atom is 0.285 e. The lowest BCUT2D eigenvalue weighted by atomic mass is 9.86. The summed E-state index contributed by atoms with van der Waals surface area (Å²) in [7, 11) is 0. The highest BCUT2D eigenvalue weighted by atomic mass is 19.3. The lowest BCUT2D eigenvalue weighted by molar-refractivity contribution is -0.0109. The largest absolute Gasteiger partial charge is 0.307 e. The van der Waals surface area contributed by atoms with Crippen LogP contribution in [0.4, 0.5) is 8.78 Å². The number of rotatable bonds is 1. The van der Waals surface area contributed by atoms with E-state index in [9.17, 15) is 8.78 Å². The van der Waals surface area contributed by atoms with Gasteiger partial charge in [-0.2, -0.15) is 8.78 Å². The predicted octanol–water partition coefficient (Wildman–Crippen LogP) is 3.47. The van der Waals surface area contributed by atoms with Gasteiger partial charge in [0.1, 0.15) is 0 Å². The van der Waals surface area contributed by atoms with E-state index in [4.69, 9.17) is 0 Å². The van der Waals surface area contributed by atoms with Crippen molar-refractivity contribution < 1.29 is 8.78 Å². The summed E-state index contributed by atoms with van der Waals surface area (Å²) in [6.45, 7) is 6.64. The molecule has 2 rings (SSSR count). The van der Waals surface area contributed by atoms with Crippen LogP contribution in [0.2, 0.25) is 0 Å². The summed E-state index contributed by atoms with van der Waals surface area (Å²) in [5.41, 5.74) is 2.05. The van der Waals surface area contributed by atoms with Crippen molar-refractivity contribution in [3.05, 3.63) is 34.9 Å². The zero-order valence-corrected chi connectivity index (χ0v) is 10.6. The zero-order chi connectivity index (χ0) is 12.7. The summed E-state index contributed by atoms with van der Waals surface area (Å²) in [5, 5.41) is 2.75. The quantitative estimate of drug-likeness (QED) is 0.791. The van der Waals surface area contributed by atoms with Crippen LogP contribution in [-0.2, 0) is 18.9 Å². The second-order valence-corrected chi connectivity index (χ2v) is 6.04. The van der Waals surface area contributed by atoms with Crippen molar-refractivity contribution in [2.75, 3.05) is 6.54 Å². The summed E-state index contributed by atoms with van der Waals surface area (Å²) in [5.74, 6) is -2.73. The summed E-state index contributed by atoms with van der Waals surface area (Å²) >= 11 is 0. The van der Waals surface area contributed by atoms with Crippen LogP contribution < -0.4 is 5.32 Å². The molecule has 0 amide bonds.